The fraction of sp³-hybridized carbons (Fsp3) is 0.600. The molecule has 0 bridgehead atoms. The Morgan fingerprint density at radius 2 is 2.22 bits per heavy atom. The molecule has 2 unspecified atom stereocenters. The lowest BCUT2D eigenvalue weighted by Crippen LogP contribution is -2.48. The molecule has 0 radical (unpaired) electrons. The van der Waals surface area contributed by atoms with E-state index in [9.17, 15) is 0 Å². The average molecular weight is 311 g/mol. The highest BCUT2D eigenvalue weighted by atomic mass is 79.9. The van der Waals surface area contributed by atoms with Crippen LogP contribution in [0.15, 0.2) is 22.7 Å². The molecule has 0 saturated carbocycles. The lowest BCUT2D eigenvalue weighted by Gasteiger charge is -2.38. The van der Waals surface area contributed by atoms with Gasteiger partial charge in [-0.15, -0.1) is 0 Å². The van der Waals surface area contributed by atoms with E-state index < -0.39 is 0 Å². The van der Waals surface area contributed by atoms with E-state index in [1.807, 2.05) is 0 Å². The fourth-order valence-electron chi connectivity index (χ4n) is 2.72. The zero-order valence-corrected chi connectivity index (χ0v) is 13.1. The molecule has 0 aliphatic carbocycles. The minimum atomic E-state index is 0.681. The number of aryl methyl sites for hydroxylation is 1. The summed E-state index contributed by atoms with van der Waals surface area (Å²) in [5.41, 5.74) is 2.64. The molecule has 1 aromatic carbocycles. The first-order valence-electron chi connectivity index (χ1n) is 6.86. The van der Waals surface area contributed by atoms with Gasteiger partial charge in [-0.25, -0.2) is 0 Å². The molecule has 18 heavy (non-hydrogen) atoms. The number of nitrogens with zero attached hydrogens (tertiary/aromatic N) is 1. The van der Waals surface area contributed by atoms with Crippen molar-refractivity contribution in [1.82, 2.24) is 5.32 Å². The number of nitrogens with one attached hydrogen (secondary N) is 1. The Hall–Kier alpha value is -0.540. The normalized spacial score (nSPS) is 24.3. The molecule has 2 atom stereocenters. The maximum absolute atomic E-state index is 3.63. The predicted molar refractivity (Wildman–Crippen MR) is 82.3 cm³/mol. The van der Waals surface area contributed by atoms with E-state index in [4.69, 9.17) is 0 Å². The van der Waals surface area contributed by atoms with Crippen LogP contribution < -0.4 is 10.2 Å². The smallest absolute Gasteiger partial charge is 0.0377 e. The molecular formula is C15H23BrN2. The van der Waals surface area contributed by atoms with Crippen LogP contribution in [0.1, 0.15) is 25.8 Å². The van der Waals surface area contributed by atoms with E-state index in [0.29, 0.717) is 12.0 Å². The maximum atomic E-state index is 3.63. The standard InChI is InChI=1S/C15H23BrN2/c1-4-17-15-7-8-18(10-12(15)3)13-6-5-11(2)14(16)9-13/h5-6,9,12,15,17H,4,7-8,10H2,1-3H3. The lowest BCUT2D eigenvalue weighted by molar-refractivity contribution is 0.327. The summed E-state index contributed by atoms with van der Waals surface area (Å²) < 4.78 is 1.21. The monoisotopic (exact) mass is 310 g/mol. The summed E-state index contributed by atoms with van der Waals surface area (Å²) in [5.74, 6) is 0.707. The quantitative estimate of drug-likeness (QED) is 0.918. The number of hydrogen-bond donors (Lipinski definition) is 1. The second kappa shape index (κ2) is 6.07. The molecule has 2 nitrogen and oxygen atoms in total. The minimum absolute atomic E-state index is 0.681. The number of benzene rings is 1. The summed E-state index contributed by atoms with van der Waals surface area (Å²) in [5, 5.41) is 3.59. The maximum Gasteiger partial charge on any atom is 0.0377 e. The average Bonchev–Trinajstić information content (AvgIpc) is 2.35. The summed E-state index contributed by atoms with van der Waals surface area (Å²) in [6.45, 7) is 10.0. The van der Waals surface area contributed by atoms with Crippen molar-refractivity contribution in [3.63, 3.8) is 0 Å². The van der Waals surface area contributed by atoms with Crippen LogP contribution in [0.5, 0.6) is 0 Å². The molecule has 0 spiro atoms. The van der Waals surface area contributed by atoms with Gasteiger partial charge in [-0.1, -0.05) is 35.8 Å². The summed E-state index contributed by atoms with van der Waals surface area (Å²) in [7, 11) is 0. The molecule has 0 aromatic heterocycles. The van der Waals surface area contributed by atoms with Crippen LogP contribution in [0.3, 0.4) is 0 Å². The Bertz CT molecular complexity index is 405. The SMILES string of the molecule is CCNC1CCN(c2ccc(C)c(Br)c2)CC1C. The van der Waals surface area contributed by atoms with E-state index in [-0.39, 0.29) is 0 Å². The van der Waals surface area contributed by atoms with E-state index in [0.717, 1.165) is 19.6 Å². The van der Waals surface area contributed by atoms with Crippen LogP contribution >= 0.6 is 15.9 Å². The summed E-state index contributed by atoms with van der Waals surface area (Å²) in [6.07, 6.45) is 1.24. The van der Waals surface area contributed by atoms with Crippen LogP contribution in [0, 0.1) is 12.8 Å². The van der Waals surface area contributed by atoms with Gasteiger partial charge in [0.15, 0.2) is 0 Å². The molecule has 1 heterocycles. The predicted octanol–water partition coefficient (Wildman–Crippen LogP) is 3.58. The third kappa shape index (κ3) is 3.07. The van der Waals surface area contributed by atoms with Gasteiger partial charge in [0.2, 0.25) is 0 Å². The van der Waals surface area contributed by atoms with Crippen LogP contribution in [0.25, 0.3) is 0 Å². The van der Waals surface area contributed by atoms with E-state index in [1.165, 1.54) is 22.1 Å². The first-order chi connectivity index (χ1) is 8.61. The van der Waals surface area contributed by atoms with E-state index in [2.05, 4.69) is 65.1 Å². The summed E-state index contributed by atoms with van der Waals surface area (Å²) in [4.78, 5) is 2.50. The van der Waals surface area contributed by atoms with Crippen LogP contribution in [-0.2, 0) is 0 Å². The lowest BCUT2D eigenvalue weighted by atomic mass is 9.93. The number of rotatable bonds is 3. The summed E-state index contributed by atoms with van der Waals surface area (Å²) in [6, 6.07) is 7.36. The van der Waals surface area contributed by atoms with Crippen LogP contribution in [0.2, 0.25) is 0 Å². The number of hydrogen-bond acceptors (Lipinski definition) is 2. The van der Waals surface area contributed by atoms with Crippen molar-refractivity contribution in [2.75, 3.05) is 24.5 Å². The molecule has 3 heteroatoms. The highest BCUT2D eigenvalue weighted by Crippen LogP contribution is 2.27. The molecule has 1 N–H and O–H groups in total. The van der Waals surface area contributed by atoms with Gasteiger partial charge in [-0.2, -0.15) is 0 Å². The number of halogens is 1. The Morgan fingerprint density at radius 1 is 1.44 bits per heavy atom. The number of piperidine rings is 1. The molecule has 1 fully saturated rings. The molecule has 100 valence electrons. The Balaban J connectivity index is 2.05. The van der Waals surface area contributed by atoms with Crippen LogP contribution in [-0.4, -0.2) is 25.7 Å². The van der Waals surface area contributed by atoms with Gasteiger partial charge in [-0.05, 0) is 43.5 Å². The van der Waals surface area contributed by atoms with E-state index >= 15 is 0 Å². The third-order valence-electron chi connectivity index (χ3n) is 3.89. The number of anilines is 1. The van der Waals surface area contributed by atoms with Gasteiger partial charge in [0.1, 0.15) is 0 Å². The van der Waals surface area contributed by atoms with Gasteiger partial charge in [0, 0.05) is 29.3 Å². The van der Waals surface area contributed by atoms with Gasteiger partial charge >= 0.3 is 0 Å². The third-order valence-corrected chi connectivity index (χ3v) is 4.75. The first-order valence-corrected chi connectivity index (χ1v) is 7.65. The van der Waals surface area contributed by atoms with Crippen molar-refractivity contribution >= 4 is 21.6 Å². The largest absolute Gasteiger partial charge is 0.371 e. The van der Waals surface area contributed by atoms with Crippen molar-refractivity contribution in [2.45, 2.75) is 33.2 Å². The molecule has 1 aliphatic rings. The van der Waals surface area contributed by atoms with Crippen molar-refractivity contribution in [3.05, 3.63) is 28.2 Å². The highest BCUT2D eigenvalue weighted by Gasteiger charge is 2.25. The topological polar surface area (TPSA) is 15.3 Å². The van der Waals surface area contributed by atoms with Gasteiger partial charge in [-0.3, -0.25) is 0 Å². The highest BCUT2D eigenvalue weighted by molar-refractivity contribution is 9.10. The second-order valence-corrected chi connectivity index (χ2v) is 6.16. The van der Waals surface area contributed by atoms with Crippen molar-refractivity contribution in [3.8, 4) is 0 Å². The van der Waals surface area contributed by atoms with Crippen molar-refractivity contribution in [2.24, 2.45) is 5.92 Å². The molecular weight excluding hydrogens is 288 g/mol. The van der Waals surface area contributed by atoms with Crippen LogP contribution in [0.4, 0.5) is 5.69 Å². The van der Waals surface area contributed by atoms with E-state index in [1.54, 1.807) is 0 Å². The molecule has 1 saturated heterocycles. The Kier molecular flexibility index (Phi) is 4.68. The van der Waals surface area contributed by atoms with Gasteiger partial charge in [0.05, 0.1) is 0 Å². The molecule has 1 aliphatic heterocycles. The molecule has 1 aromatic rings. The zero-order chi connectivity index (χ0) is 13.1. The van der Waals surface area contributed by atoms with Gasteiger partial charge in [0.25, 0.3) is 0 Å². The zero-order valence-electron chi connectivity index (χ0n) is 11.5. The van der Waals surface area contributed by atoms with Gasteiger partial charge < -0.3 is 10.2 Å². The Morgan fingerprint density at radius 3 is 2.83 bits per heavy atom. The summed E-state index contributed by atoms with van der Waals surface area (Å²) >= 11 is 3.63. The molecule has 2 rings (SSSR count). The fourth-order valence-corrected chi connectivity index (χ4v) is 3.09. The first kappa shape index (κ1) is 13.9. The second-order valence-electron chi connectivity index (χ2n) is 5.31. The van der Waals surface area contributed by atoms with Crippen molar-refractivity contribution in [1.29, 1.82) is 0 Å². The Labute approximate surface area is 119 Å². The van der Waals surface area contributed by atoms with Crippen molar-refractivity contribution < 1.29 is 0 Å². The minimum Gasteiger partial charge on any atom is -0.371 e. The molecule has 0 amide bonds.